The molecule has 1 aromatic carbocycles. The van der Waals surface area contributed by atoms with Gasteiger partial charge in [0.15, 0.2) is 0 Å². The highest BCUT2D eigenvalue weighted by Gasteiger charge is 2.15. The molecular formula is C20H20N4OS. The first-order valence-corrected chi connectivity index (χ1v) is 9.62. The van der Waals surface area contributed by atoms with E-state index in [1.165, 1.54) is 24.2 Å². The molecule has 0 unspecified atom stereocenters. The Bertz CT molecular complexity index is 896. The molecule has 0 bridgehead atoms. The van der Waals surface area contributed by atoms with Crippen LogP contribution in [0.5, 0.6) is 0 Å². The van der Waals surface area contributed by atoms with Crippen molar-refractivity contribution >= 4 is 28.7 Å². The molecule has 1 saturated heterocycles. The van der Waals surface area contributed by atoms with Crippen LogP contribution in [0, 0.1) is 6.92 Å². The summed E-state index contributed by atoms with van der Waals surface area (Å²) in [6.07, 6.45) is 4.30. The minimum Gasteiger partial charge on any atom is -0.357 e. The van der Waals surface area contributed by atoms with Crippen molar-refractivity contribution in [2.45, 2.75) is 19.8 Å². The van der Waals surface area contributed by atoms with Crippen molar-refractivity contribution in [3.63, 3.8) is 0 Å². The number of benzene rings is 1. The average molecular weight is 364 g/mol. The predicted octanol–water partition coefficient (Wildman–Crippen LogP) is 4.37. The van der Waals surface area contributed by atoms with Gasteiger partial charge in [-0.2, -0.15) is 0 Å². The molecule has 3 heterocycles. The van der Waals surface area contributed by atoms with Crippen LogP contribution in [0.15, 0.2) is 48.0 Å². The van der Waals surface area contributed by atoms with E-state index in [1.54, 1.807) is 5.38 Å². The van der Waals surface area contributed by atoms with E-state index in [0.29, 0.717) is 5.69 Å². The Morgan fingerprint density at radius 2 is 1.88 bits per heavy atom. The minimum absolute atomic E-state index is 0.196. The molecule has 0 radical (unpaired) electrons. The van der Waals surface area contributed by atoms with Crippen molar-refractivity contribution in [3.05, 3.63) is 59.2 Å². The predicted molar refractivity (Wildman–Crippen MR) is 106 cm³/mol. The van der Waals surface area contributed by atoms with Gasteiger partial charge in [-0.25, -0.2) is 9.97 Å². The molecule has 1 fully saturated rings. The van der Waals surface area contributed by atoms with Gasteiger partial charge in [-0.05, 0) is 44.0 Å². The van der Waals surface area contributed by atoms with Gasteiger partial charge in [-0.3, -0.25) is 4.79 Å². The molecule has 3 aromatic rings. The monoisotopic (exact) mass is 364 g/mol. The molecule has 0 aliphatic carbocycles. The Morgan fingerprint density at radius 3 is 2.58 bits per heavy atom. The molecule has 0 saturated carbocycles. The lowest BCUT2D eigenvalue weighted by atomic mass is 10.2. The summed E-state index contributed by atoms with van der Waals surface area (Å²) < 4.78 is 0. The van der Waals surface area contributed by atoms with Crippen LogP contribution in [-0.2, 0) is 0 Å². The average Bonchev–Trinajstić information content (AvgIpc) is 3.36. The molecule has 0 atom stereocenters. The van der Waals surface area contributed by atoms with Crippen LogP contribution in [0.1, 0.15) is 28.9 Å². The van der Waals surface area contributed by atoms with E-state index in [2.05, 4.69) is 20.2 Å². The van der Waals surface area contributed by atoms with Crippen LogP contribution in [0.2, 0.25) is 0 Å². The standard InChI is InChI=1S/C20H20N4OS/c1-14-4-7-16(8-5-14)22-19(25)17-13-26-20(23-17)15-6-9-18(21-12-15)24-10-2-3-11-24/h4-9,12-13H,2-3,10-11H2,1H3,(H,22,25). The number of aromatic nitrogens is 2. The van der Waals surface area contributed by atoms with E-state index in [4.69, 9.17) is 0 Å². The summed E-state index contributed by atoms with van der Waals surface area (Å²) in [7, 11) is 0. The van der Waals surface area contributed by atoms with Crippen molar-refractivity contribution in [2.24, 2.45) is 0 Å². The van der Waals surface area contributed by atoms with E-state index in [9.17, 15) is 4.79 Å². The summed E-state index contributed by atoms with van der Waals surface area (Å²) in [4.78, 5) is 23.7. The second-order valence-electron chi connectivity index (χ2n) is 6.46. The number of hydrogen-bond acceptors (Lipinski definition) is 5. The normalized spacial score (nSPS) is 13.8. The molecule has 5 nitrogen and oxygen atoms in total. The smallest absolute Gasteiger partial charge is 0.275 e. The zero-order valence-electron chi connectivity index (χ0n) is 14.6. The Balaban J connectivity index is 1.46. The summed E-state index contributed by atoms with van der Waals surface area (Å²) in [6.45, 7) is 4.17. The first-order chi connectivity index (χ1) is 12.7. The largest absolute Gasteiger partial charge is 0.357 e. The number of aryl methyl sites for hydroxylation is 1. The van der Waals surface area contributed by atoms with Crippen LogP contribution >= 0.6 is 11.3 Å². The molecule has 26 heavy (non-hydrogen) atoms. The third kappa shape index (κ3) is 3.60. The second kappa shape index (κ2) is 7.25. The first-order valence-electron chi connectivity index (χ1n) is 8.74. The Kier molecular flexibility index (Phi) is 4.67. The molecule has 1 aliphatic heterocycles. The summed E-state index contributed by atoms with van der Waals surface area (Å²) >= 11 is 1.46. The van der Waals surface area contributed by atoms with Crippen molar-refractivity contribution in [1.82, 2.24) is 9.97 Å². The lowest BCUT2D eigenvalue weighted by Gasteiger charge is -2.15. The van der Waals surface area contributed by atoms with Gasteiger partial charge in [0.05, 0.1) is 0 Å². The molecular weight excluding hydrogens is 344 g/mol. The molecule has 132 valence electrons. The Hall–Kier alpha value is -2.73. The summed E-state index contributed by atoms with van der Waals surface area (Å²) in [6, 6.07) is 11.8. The van der Waals surface area contributed by atoms with Crippen LogP contribution in [0.4, 0.5) is 11.5 Å². The van der Waals surface area contributed by atoms with Crippen LogP contribution in [0.3, 0.4) is 0 Å². The lowest BCUT2D eigenvalue weighted by molar-refractivity contribution is 0.102. The lowest BCUT2D eigenvalue weighted by Crippen LogP contribution is -2.18. The fourth-order valence-electron chi connectivity index (χ4n) is 2.99. The van der Waals surface area contributed by atoms with Gasteiger partial charge in [-0.15, -0.1) is 11.3 Å². The molecule has 1 aliphatic rings. The third-order valence-corrected chi connectivity index (χ3v) is 5.36. The van der Waals surface area contributed by atoms with Gasteiger partial charge in [0.1, 0.15) is 16.5 Å². The second-order valence-corrected chi connectivity index (χ2v) is 7.32. The third-order valence-electron chi connectivity index (χ3n) is 4.47. The quantitative estimate of drug-likeness (QED) is 0.747. The number of thiazole rings is 1. The van der Waals surface area contributed by atoms with E-state index in [-0.39, 0.29) is 5.91 Å². The fraction of sp³-hybridized carbons (Fsp3) is 0.250. The maximum Gasteiger partial charge on any atom is 0.275 e. The van der Waals surface area contributed by atoms with Gasteiger partial charge in [-0.1, -0.05) is 17.7 Å². The molecule has 1 amide bonds. The zero-order valence-corrected chi connectivity index (χ0v) is 15.4. The highest BCUT2D eigenvalue weighted by Crippen LogP contribution is 2.26. The van der Waals surface area contributed by atoms with Crippen LogP contribution in [-0.4, -0.2) is 29.0 Å². The number of carbonyl (C=O) groups is 1. The van der Waals surface area contributed by atoms with Crippen molar-refractivity contribution < 1.29 is 4.79 Å². The summed E-state index contributed by atoms with van der Waals surface area (Å²) in [5.41, 5.74) is 3.29. The minimum atomic E-state index is -0.196. The van der Waals surface area contributed by atoms with Crippen LogP contribution < -0.4 is 10.2 Å². The van der Waals surface area contributed by atoms with E-state index < -0.39 is 0 Å². The number of anilines is 2. The highest BCUT2D eigenvalue weighted by atomic mass is 32.1. The first kappa shape index (κ1) is 16.7. The van der Waals surface area contributed by atoms with E-state index >= 15 is 0 Å². The van der Waals surface area contributed by atoms with Crippen LogP contribution in [0.25, 0.3) is 10.6 Å². The number of amides is 1. The highest BCUT2D eigenvalue weighted by molar-refractivity contribution is 7.13. The number of hydrogen-bond donors (Lipinski definition) is 1. The Morgan fingerprint density at radius 1 is 1.12 bits per heavy atom. The van der Waals surface area contributed by atoms with Gasteiger partial charge in [0.25, 0.3) is 5.91 Å². The van der Waals surface area contributed by atoms with Gasteiger partial charge < -0.3 is 10.2 Å². The topological polar surface area (TPSA) is 58.1 Å². The number of nitrogens with zero attached hydrogens (tertiary/aromatic N) is 3. The van der Waals surface area contributed by atoms with Gasteiger partial charge >= 0.3 is 0 Å². The van der Waals surface area contributed by atoms with E-state index in [1.807, 2.05) is 49.5 Å². The molecule has 2 aromatic heterocycles. The van der Waals surface area contributed by atoms with Gasteiger partial charge in [0.2, 0.25) is 0 Å². The maximum atomic E-state index is 12.4. The molecule has 0 spiro atoms. The fourth-order valence-corrected chi connectivity index (χ4v) is 3.78. The van der Waals surface area contributed by atoms with Crippen molar-refractivity contribution in [1.29, 1.82) is 0 Å². The van der Waals surface area contributed by atoms with E-state index in [0.717, 1.165) is 40.7 Å². The zero-order chi connectivity index (χ0) is 17.9. The molecule has 6 heteroatoms. The number of carbonyl (C=O) groups excluding carboxylic acids is 1. The maximum absolute atomic E-state index is 12.4. The summed E-state index contributed by atoms with van der Waals surface area (Å²) in [5.74, 6) is 0.818. The number of rotatable bonds is 4. The number of pyridine rings is 1. The molecule has 4 rings (SSSR count). The Labute approximate surface area is 156 Å². The number of nitrogens with one attached hydrogen (secondary N) is 1. The summed E-state index contributed by atoms with van der Waals surface area (Å²) in [5, 5.41) is 5.47. The van der Waals surface area contributed by atoms with Crippen molar-refractivity contribution in [3.8, 4) is 10.6 Å². The van der Waals surface area contributed by atoms with Crippen molar-refractivity contribution in [2.75, 3.05) is 23.3 Å². The van der Waals surface area contributed by atoms with Gasteiger partial charge in [0, 0.05) is 35.9 Å². The SMILES string of the molecule is Cc1ccc(NC(=O)c2csc(-c3ccc(N4CCCC4)nc3)n2)cc1. The molecule has 1 N–H and O–H groups in total.